The van der Waals surface area contributed by atoms with Crippen LogP contribution in [0.25, 0.3) is 0 Å². The van der Waals surface area contributed by atoms with Gasteiger partial charge >= 0.3 is 0 Å². The highest BCUT2D eigenvalue weighted by molar-refractivity contribution is 6.43. The van der Waals surface area contributed by atoms with E-state index in [0.29, 0.717) is 5.56 Å². The van der Waals surface area contributed by atoms with Gasteiger partial charge in [-0.2, -0.15) is 5.10 Å². The van der Waals surface area contributed by atoms with Crippen LogP contribution < -0.4 is 19.6 Å². The maximum atomic E-state index is 11.8. The number of nitrogens with zero attached hydrogens (tertiary/aromatic N) is 1. The lowest BCUT2D eigenvalue weighted by atomic mass is 10.2. The Morgan fingerprint density at radius 1 is 1.04 bits per heavy atom. The Kier molecular flexibility index (Phi) is 7.41. The normalized spacial score (nSPS) is 10.7. The Labute approximate surface area is 170 Å². The molecular weight excluding hydrogens is 419 g/mol. The molecule has 2 rings (SSSR count). The Morgan fingerprint density at radius 3 is 2.22 bits per heavy atom. The quantitative estimate of drug-likeness (QED) is 0.393. The number of rotatable bonds is 7. The van der Waals surface area contributed by atoms with Crippen LogP contribution in [0, 0.1) is 0 Å². The number of aromatic hydroxyl groups is 1. The summed E-state index contributed by atoms with van der Waals surface area (Å²) in [7, 11) is 2.81. The smallest absolute Gasteiger partial charge is 0.277 e. The van der Waals surface area contributed by atoms with Crippen LogP contribution in [0.4, 0.5) is 0 Å². The lowest BCUT2D eigenvalue weighted by Crippen LogP contribution is -2.24. The first-order chi connectivity index (χ1) is 12.8. The maximum Gasteiger partial charge on any atom is 0.277 e. The first kappa shape index (κ1) is 21.0. The van der Waals surface area contributed by atoms with Crippen molar-refractivity contribution in [1.82, 2.24) is 5.43 Å². The number of hydrazone groups is 1. The van der Waals surface area contributed by atoms with E-state index in [1.807, 2.05) is 0 Å². The van der Waals surface area contributed by atoms with Gasteiger partial charge in [0.05, 0.1) is 35.5 Å². The van der Waals surface area contributed by atoms with Crippen molar-refractivity contribution in [2.45, 2.75) is 0 Å². The Morgan fingerprint density at radius 2 is 1.63 bits per heavy atom. The number of benzene rings is 2. The topological polar surface area (TPSA) is 89.4 Å². The van der Waals surface area contributed by atoms with Gasteiger partial charge in [-0.1, -0.05) is 34.8 Å². The third-order valence-corrected chi connectivity index (χ3v) is 4.26. The number of hydrogen-bond donors (Lipinski definition) is 2. The summed E-state index contributed by atoms with van der Waals surface area (Å²) in [4.78, 5) is 11.8. The molecule has 2 aromatic carbocycles. The van der Waals surface area contributed by atoms with E-state index in [0.717, 1.165) is 0 Å². The van der Waals surface area contributed by atoms with E-state index in [1.165, 1.54) is 44.7 Å². The molecule has 10 heteroatoms. The van der Waals surface area contributed by atoms with Crippen molar-refractivity contribution in [3.8, 4) is 23.0 Å². The van der Waals surface area contributed by atoms with Gasteiger partial charge < -0.3 is 19.3 Å². The van der Waals surface area contributed by atoms with Crippen molar-refractivity contribution in [2.24, 2.45) is 5.10 Å². The van der Waals surface area contributed by atoms with Gasteiger partial charge in [0.1, 0.15) is 5.75 Å². The minimum Gasteiger partial charge on any atom is -0.502 e. The molecule has 0 radical (unpaired) electrons. The van der Waals surface area contributed by atoms with Crippen LogP contribution in [0.1, 0.15) is 5.56 Å². The highest BCUT2D eigenvalue weighted by atomic mass is 35.5. The second-order valence-corrected chi connectivity index (χ2v) is 6.27. The van der Waals surface area contributed by atoms with Crippen molar-refractivity contribution in [1.29, 1.82) is 0 Å². The van der Waals surface area contributed by atoms with Gasteiger partial charge in [-0.05, 0) is 18.2 Å². The summed E-state index contributed by atoms with van der Waals surface area (Å²) in [6, 6.07) is 5.89. The van der Waals surface area contributed by atoms with Crippen molar-refractivity contribution < 1.29 is 24.1 Å². The Bertz CT molecular complexity index is 849. The zero-order chi connectivity index (χ0) is 20.0. The molecule has 2 aromatic rings. The zero-order valence-electron chi connectivity index (χ0n) is 14.3. The van der Waals surface area contributed by atoms with Crippen LogP contribution >= 0.6 is 34.8 Å². The highest BCUT2D eigenvalue weighted by Gasteiger charge is 2.11. The summed E-state index contributed by atoms with van der Waals surface area (Å²) in [5.41, 5.74) is 2.83. The van der Waals surface area contributed by atoms with Gasteiger partial charge in [0.25, 0.3) is 5.91 Å². The molecule has 0 bridgehead atoms. The summed E-state index contributed by atoms with van der Waals surface area (Å²) < 4.78 is 15.4. The van der Waals surface area contributed by atoms with Gasteiger partial charge in [0, 0.05) is 11.6 Å². The van der Waals surface area contributed by atoms with Gasteiger partial charge in [0.15, 0.2) is 18.1 Å². The van der Waals surface area contributed by atoms with Gasteiger partial charge in [-0.15, -0.1) is 0 Å². The summed E-state index contributed by atoms with van der Waals surface area (Å²) in [5, 5.41) is 14.4. The van der Waals surface area contributed by atoms with Crippen molar-refractivity contribution in [2.75, 3.05) is 20.8 Å². The number of phenols is 1. The SMILES string of the molecule is COc1cc(/C=N/NC(=O)COc2cc(Cl)c(Cl)cc2Cl)cc(OC)c1O. The molecule has 0 unspecified atom stereocenters. The van der Waals surface area contributed by atoms with Crippen molar-refractivity contribution in [3.05, 3.63) is 44.9 Å². The van der Waals surface area contributed by atoms with Gasteiger partial charge in [0.2, 0.25) is 5.75 Å². The van der Waals surface area contributed by atoms with Crippen molar-refractivity contribution in [3.63, 3.8) is 0 Å². The third kappa shape index (κ3) is 5.56. The molecule has 0 aliphatic rings. The predicted molar refractivity (Wildman–Crippen MR) is 104 cm³/mol. The lowest BCUT2D eigenvalue weighted by Gasteiger charge is -2.09. The van der Waals surface area contributed by atoms with E-state index in [2.05, 4.69) is 10.5 Å². The van der Waals surface area contributed by atoms with E-state index in [9.17, 15) is 9.90 Å². The van der Waals surface area contributed by atoms with Crippen LogP contribution in [-0.4, -0.2) is 38.1 Å². The molecule has 0 spiro atoms. The standard InChI is InChI=1S/C17H15Cl3N2O5/c1-25-14-3-9(4-15(26-2)17(14)24)7-21-22-16(23)8-27-13-6-11(19)10(18)5-12(13)20/h3-7,24H,8H2,1-2H3,(H,22,23)/b21-7+. The lowest BCUT2D eigenvalue weighted by molar-refractivity contribution is -0.123. The van der Waals surface area contributed by atoms with Crippen LogP contribution in [0.5, 0.6) is 23.0 Å². The van der Waals surface area contributed by atoms with E-state index in [1.54, 1.807) is 0 Å². The van der Waals surface area contributed by atoms with Crippen molar-refractivity contribution >= 4 is 46.9 Å². The second kappa shape index (κ2) is 9.55. The maximum absolute atomic E-state index is 11.8. The predicted octanol–water partition coefficient (Wildman–Crippen LogP) is 3.90. The third-order valence-electron chi connectivity index (χ3n) is 3.24. The minimum atomic E-state index is -0.522. The number of ether oxygens (including phenoxy) is 3. The molecule has 27 heavy (non-hydrogen) atoms. The van der Waals surface area contributed by atoms with E-state index >= 15 is 0 Å². The number of carbonyl (C=O) groups is 1. The molecule has 0 fully saturated rings. The monoisotopic (exact) mass is 432 g/mol. The fourth-order valence-electron chi connectivity index (χ4n) is 1.96. The Balaban J connectivity index is 1.97. The molecule has 0 aliphatic heterocycles. The van der Waals surface area contributed by atoms with E-state index in [-0.39, 0.29) is 44.7 Å². The van der Waals surface area contributed by atoms with Crippen LogP contribution in [0.2, 0.25) is 15.1 Å². The Hall–Kier alpha value is -2.35. The fraction of sp³-hybridized carbons (Fsp3) is 0.176. The highest BCUT2D eigenvalue weighted by Crippen LogP contribution is 2.36. The second-order valence-electron chi connectivity index (χ2n) is 5.05. The molecule has 144 valence electrons. The molecule has 0 heterocycles. The van der Waals surface area contributed by atoms with Gasteiger partial charge in [-0.3, -0.25) is 4.79 Å². The zero-order valence-corrected chi connectivity index (χ0v) is 16.5. The molecule has 0 atom stereocenters. The molecule has 7 nitrogen and oxygen atoms in total. The van der Waals surface area contributed by atoms with E-state index in [4.69, 9.17) is 49.0 Å². The molecule has 0 aliphatic carbocycles. The average Bonchev–Trinajstić information content (AvgIpc) is 2.64. The summed E-state index contributed by atoms with van der Waals surface area (Å²) in [6.07, 6.45) is 1.36. The summed E-state index contributed by atoms with van der Waals surface area (Å²) in [6.45, 7) is -0.336. The number of nitrogens with one attached hydrogen (secondary N) is 1. The summed E-state index contributed by atoms with van der Waals surface area (Å²) in [5.74, 6) is -0.0168. The summed E-state index contributed by atoms with van der Waals surface area (Å²) >= 11 is 17.7. The molecule has 1 amide bonds. The number of hydrogen-bond acceptors (Lipinski definition) is 6. The number of phenolic OH excluding ortho intramolecular Hbond substituents is 1. The number of methoxy groups -OCH3 is 2. The number of carbonyl (C=O) groups excluding carboxylic acids is 1. The fourth-order valence-corrected chi connectivity index (χ4v) is 2.55. The largest absolute Gasteiger partial charge is 0.502 e. The molecule has 0 saturated heterocycles. The minimum absolute atomic E-state index is 0.131. The number of halogens is 3. The molecular formula is C17H15Cl3N2O5. The molecule has 0 saturated carbocycles. The van der Waals surface area contributed by atoms with E-state index < -0.39 is 5.91 Å². The average molecular weight is 434 g/mol. The van der Waals surface area contributed by atoms with Crippen LogP contribution in [0.15, 0.2) is 29.4 Å². The van der Waals surface area contributed by atoms with Crippen LogP contribution in [-0.2, 0) is 4.79 Å². The van der Waals surface area contributed by atoms with Crippen LogP contribution in [0.3, 0.4) is 0 Å². The van der Waals surface area contributed by atoms with Gasteiger partial charge in [-0.25, -0.2) is 5.43 Å². The molecule has 0 aromatic heterocycles. The molecule has 2 N–H and O–H groups in total. The first-order valence-corrected chi connectivity index (χ1v) is 8.53. The first-order valence-electron chi connectivity index (χ1n) is 7.40. The number of amides is 1.